The van der Waals surface area contributed by atoms with Gasteiger partial charge in [-0.3, -0.25) is 0 Å². The maximum absolute atomic E-state index is 13.1. The van der Waals surface area contributed by atoms with Crippen LogP contribution < -0.4 is 5.32 Å². The molecule has 1 heterocycles. The van der Waals surface area contributed by atoms with Crippen LogP contribution in [0.5, 0.6) is 0 Å². The van der Waals surface area contributed by atoms with Crippen molar-refractivity contribution in [2.45, 2.75) is 26.3 Å². The van der Waals surface area contributed by atoms with E-state index in [0.717, 1.165) is 29.7 Å². The highest BCUT2D eigenvalue weighted by Gasteiger charge is 2.10. The summed E-state index contributed by atoms with van der Waals surface area (Å²) >= 11 is 1.60. The zero-order chi connectivity index (χ0) is 13.8. The molecule has 102 valence electrons. The minimum absolute atomic E-state index is 0.468. The van der Waals surface area contributed by atoms with Gasteiger partial charge in [-0.15, -0.1) is 11.3 Å². The normalized spacial score (nSPS) is 10.9. The first-order valence-electron chi connectivity index (χ1n) is 6.19. The highest BCUT2D eigenvalue weighted by atomic mass is 32.1. The Bertz CT molecular complexity index is 546. The number of aromatic nitrogens is 1. The van der Waals surface area contributed by atoms with E-state index in [-0.39, 0.29) is 0 Å². The van der Waals surface area contributed by atoms with Gasteiger partial charge in [0, 0.05) is 23.9 Å². The van der Waals surface area contributed by atoms with E-state index < -0.39 is 11.6 Å². The van der Waals surface area contributed by atoms with Gasteiger partial charge in [-0.2, -0.15) is 0 Å². The molecule has 0 aliphatic carbocycles. The van der Waals surface area contributed by atoms with Gasteiger partial charge in [0.2, 0.25) is 0 Å². The number of benzene rings is 1. The van der Waals surface area contributed by atoms with Gasteiger partial charge >= 0.3 is 0 Å². The Kier molecular flexibility index (Phi) is 4.61. The monoisotopic (exact) mass is 282 g/mol. The molecule has 1 N–H and O–H groups in total. The Labute approximate surface area is 115 Å². The zero-order valence-electron chi connectivity index (χ0n) is 11.0. The molecule has 2 nitrogen and oxygen atoms in total. The van der Waals surface area contributed by atoms with Gasteiger partial charge in [-0.25, -0.2) is 13.8 Å². The van der Waals surface area contributed by atoms with Crippen molar-refractivity contribution in [1.29, 1.82) is 0 Å². The molecule has 2 rings (SSSR count). The van der Waals surface area contributed by atoms with Crippen molar-refractivity contribution in [1.82, 2.24) is 10.3 Å². The van der Waals surface area contributed by atoms with Gasteiger partial charge in [0.05, 0.1) is 10.7 Å². The summed E-state index contributed by atoms with van der Waals surface area (Å²) < 4.78 is 26.3. The van der Waals surface area contributed by atoms with Gasteiger partial charge in [-0.1, -0.05) is 6.92 Å². The Morgan fingerprint density at radius 2 is 1.89 bits per heavy atom. The molecule has 0 unspecified atom stereocenters. The molecule has 0 aliphatic heterocycles. The van der Waals surface area contributed by atoms with Gasteiger partial charge in [0.25, 0.3) is 0 Å². The molecule has 19 heavy (non-hydrogen) atoms. The number of nitrogens with one attached hydrogen (secondary N) is 1. The molecule has 0 aliphatic rings. The minimum atomic E-state index is -0.544. The number of hydrogen-bond donors (Lipinski definition) is 1. The molecule has 0 saturated carbocycles. The second-order valence-electron chi connectivity index (χ2n) is 4.32. The standard InChI is InChI=1S/C14H16F2N2S/c1-3-12-13(8-17-2)19-14(18-12)6-9-4-10(15)7-11(16)5-9/h4-5,7,17H,3,6,8H2,1-2H3. The molecule has 2 aromatic rings. The first kappa shape index (κ1) is 14.1. The van der Waals surface area contributed by atoms with E-state index in [4.69, 9.17) is 0 Å². The van der Waals surface area contributed by atoms with Crippen LogP contribution in [-0.2, 0) is 19.4 Å². The molecule has 1 aromatic heterocycles. The fourth-order valence-electron chi connectivity index (χ4n) is 1.97. The average Bonchev–Trinajstić information content (AvgIpc) is 2.70. The molecule has 0 radical (unpaired) electrons. The molecular formula is C14H16F2N2S. The lowest BCUT2D eigenvalue weighted by Gasteiger charge is -1.99. The maximum Gasteiger partial charge on any atom is 0.126 e. The summed E-state index contributed by atoms with van der Waals surface area (Å²) in [4.78, 5) is 5.73. The molecular weight excluding hydrogens is 266 g/mol. The fraction of sp³-hybridized carbons (Fsp3) is 0.357. The van der Waals surface area contributed by atoms with Crippen LogP contribution in [0.2, 0.25) is 0 Å². The third-order valence-electron chi connectivity index (χ3n) is 2.77. The van der Waals surface area contributed by atoms with Crippen molar-refractivity contribution in [3.8, 4) is 0 Å². The van der Waals surface area contributed by atoms with Crippen molar-refractivity contribution >= 4 is 11.3 Å². The highest BCUT2D eigenvalue weighted by molar-refractivity contribution is 7.11. The second-order valence-corrected chi connectivity index (χ2v) is 5.48. The number of aryl methyl sites for hydroxylation is 1. The molecule has 5 heteroatoms. The minimum Gasteiger partial charge on any atom is -0.315 e. The number of rotatable bonds is 5. The van der Waals surface area contributed by atoms with Gasteiger partial charge in [0.15, 0.2) is 0 Å². The zero-order valence-corrected chi connectivity index (χ0v) is 11.8. The predicted molar refractivity (Wildman–Crippen MR) is 73.4 cm³/mol. The SMILES string of the molecule is CCc1nc(Cc2cc(F)cc(F)c2)sc1CNC. The van der Waals surface area contributed by atoms with E-state index in [0.29, 0.717) is 12.0 Å². The van der Waals surface area contributed by atoms with Crippen molar-refractivity contribution in [2.24, 2.45) is 0 Å². The van der Waals surface area contributed by atoms with Crippen LogP contribution in [0.25, 0.3) is 0 Å². The summed E-state index contributed by atoms with van der Waals surface area (Å²) in [5, 5.41) is 4.00. The molecule has 1 aromatic carbocycles. The van der Waals surface area contributed by atoms with Gasteiger partial charge < -0.3 is 5.32 Å². The van der Waals surface area contributed by atoms with Crippen LogP contribution in [0.3, 0.4) is 0 Å². The van der Waals surface area contributed by atoms with Crippen LogP contribution >= 0.6 is 11.3 Å². The summed E-state index contributed by atoms with van der Waals surface area (Å²) in [5.74, 6) is -1.09. The number of hydrogen-bond acceptors (Lipinski definition) is 3. The molecule has 0 amide bonds. The van der Waals surface area contributed by atoms with Crippen LogP contribution in [-0.4, -0.2) is 12.0 Å². The Balaban J connectivity index is 2.22. The van der Waals surface area contributed by atoms with E-state index in [1.165, 1.54) is 17.0 Å². The van der Waals surface area contributed by atoms with Crippen molar-refractivity contribution in [3.05, 3.63) is 51.0 Å². The van der Waals surface area contributed by atoms with Crippen LogP contribution in [0.1, 0.15) is 28.1 Å². The van der Waals surface area contributed by atoms with Gasteiger partial charge in [0.1, 0.15) is 11.6 Å². The molecule has 0 spiro atoms. The fourth-order valence-corrected chi connectivity index (χ4v) is 3.18. The molecule has 0 fully saturated rings. The third kappa shape index (κ3) is 3.58. The molecule has 0 atom stereocenters. The smallest absolute Gasteiger partial charge is 0.126 e. The van der Waals surface area contributed by atoms with E-state index in [1.54, 1.807) is 11.3 Å². The second kappa shape index (κ2) is 6.21. The summed E-state index contributed by atoms with van der Waals surface area (Å²) in [6.07, 6.45) is 1.33. The lowest BCUT2D eigenvalue weighted by atomic mass is 10.1. The lowest BCUT2D eigenvalue weighted by Crippen LogP contribution is -2.05. The Hall–Kier alpha value is -1.33. The number of thiazole rings is 1. The van der Waals surface area contributed by atoms with Gasteiger partial charge in [-0.05, 0) is 31.2 Å². The predicted octanol–water partition coefficient (Wildman–Crippen LogP) is 3.29. The molecule has 0 bridgehead atoms. The number of nitrogens with zero attached hydrogens (tertiary/aromatic N) is 1. The maximum atomic E-state index is 13.1. The topological polar surface area (TPSA) is 24.9 Å². The van der Waals surface area contributed by atoms with E-state index >= 15 is 0 Å². The van der Waals surface area contributed by atoms with Crippen LogP contribution in [0, 0.1) is 11.6 Å². The lowest BCUT2D eigenvalue weighted by molar-refractivity contribution is 0.580. The van der Waals surface area contributed by atoms with E-state index in [1.807, 2.05) is 7.05 Å². The largest absolute Gasteiger partial charge is 0.315 e. The highest BCUT2D eigenvalue weighted by Crippen LogP contribution is 2.22. The average molecular weight is 282 g/mol. The molecule has 0 saturated heterocycles. The summed E-state index contributed by atoms with van der Waals surface area (Å²) in [6.45, 7) is 2.83. The van der Waals surface area contributed by atoms with Crippen LogP contribution in [0.15, 0.2) is 18.2 Å². The number of halogens is 2. The summed E-state index contributed by atoms with van der Waals surface area (Å²) in [7, 11) is 1.89. The first-order chi connectivity index (χ1) is 9.12. The summed E-state index contributed by atoms with van der Waals surface area (Å²) in [6, 6.07) is 3.59. The van der Waals surface area contributed by atoms with E-state index in [9.17, 15) is 8.78 Å². The van der Waals surface area contributed by atoms with Crippen molar-refractivity contribution in [2.75, 3.05) is 7.05 Å². The first-order valence-corrected chi connectivity index (χ1v) is 7.01. The van der Waals surface area contributed by atoms with Crippen molar-refractivity contribution < 1.29 is 8.78 Å². The Morgan fingerprint density at radius 3 is 2.47 bits per heavy atom. The van der Waals surface area contributed by atoms with E-state index in [2.05, 4.69) is 17.2 Å². The van der Waals surface area contributed by atoms with Crippen LogP contribution in [0.4, 0.5) is 8.78 Å². The van der Waals surface area contributed by atoms with Crippen molar-refractivity contribution in [3.63, 3.8) is 0 Å². The quantitative estimate of drug-likeness (QED) is 0.910. The Morgan fingerprint density at radius 1 is 1.21 bits per heavy atom. The third-order valence-corrected chi connectivity index (χ3v) is 3.87. The summed E-state index contributed by atoms with van der Waals surface area (Å²) in [5.41, 5.74) is 1.68.